The maximum atomic E-state index is 12.4. The van der Waals surface area contributed by atoms with E-state index in [1.54, 1.807) is 29.1 Å². The second-order valence-electron chi connectivity index (χ2n) is 6.39. The number of hydrogen-bond donors (Lipinski definition) is 1. The smallest absolute Gasteiger partial charge is 0.274 e. The molecule has 0 amide bonds. The maximum Gasteiger partial charge on any atom is 0.274 e. The molecular weight excluding hydrogens is 404 g/mol. The van der Waals surface area contributed by atoms with Gasteiger partial charge in [0.15, 0.2) is 5.82 Å². The first-order valence-corrected chi connectivity index (χ1v) is 9.75. The van der Waals surface area contributed by atoms with Crippen LogP contribution in [-0.2, 0) is 7.05 Å². The number of nitrogens with zero attached hydrogens (tertiary/aromatic N) is 3. The van der Waals surface area contributed by atoms with Gasteiger partial charge < -0.3 is 9.88 Å². The first kappa shape index (κ1) is 16.5. The van der Waals surface area contributed by atoms with E-state index in [2.05, 4.69) is 32.4 Å². The van der Waals surface area contributed by atoms with Crippen molar-refractivity contribution < 1.29 is 0 Å². The Morgan fingerprint density at radius 2 is 2.08 bits per heavy atom. The molecule has 130 valence electrons. The first-order chi connectivity index (χ1) is 11.9. The summed E-state index contributed by atoms with van der Waals surface area (Å²) in [6.07, 6.45) is 3.79. The molecule has 1 aliphatic carbocycles. The van der Waals surface area contributed by atoms with Gasteiger partial charge in [0.25, 0.3) is 11.1 Å². The van der Waals surface area contributed by atoms with Gasteiger partial charge in [0.2, 0.25) is 0 Å². The average Bonchev–Trinajstić information content (AvgIpc) is 3.32. The lowest BCUT2D eigenvalue weighted by Crippen LogP contribution is -2.26. The Morgan fingerprint density at radius 1 is 1.32 bits per heavy atom. The largest absolute Gasteiger partial charge is 0.361 e. The zero-order valence-electron chi connectivity index (χ0n) is 13.8. The number of aryl methyl sites for hydroxylation is 1. The Kier molecular flexibility index (Phi) is 4.04. The Morgan fingerprint density at radius 3 is 2.72 bits per heavy atom. The normalized spacial score (nSPS) is 15.5. The number of hydrogen-bond acceptors (Lipinski definition) is 5. The van der Waals surface area contributed by atoms with Crippen molar-refractivity contribution in [2.45, 2.75) is 31.8 Å². The lowest BCUT2D eigenvalue weighted by Gasteiger charge is -2.16. The molecule has 8 heteroatoms. The van der Waals surface area contributed by atoms with Gasteiger partial charge in [-0.25, -0.2) is 4.68 Å². The van der Waals surface area contributed by atoms with E-state index in [-0.39, 0.29) is 23.2 Å². The highest BCUT2D eigenvalue weighted by atomic mass is 79.9. The molecule has 0 saturated heterocycles. The third kappa shape index (κ3) is 3.04. The van der Waals surface area contributed by atoms with Crippen molar-refractivity contribution in [3.63, 3.8) is 0 Å². The zero-order chi connectivity index (χ0) is 17.7. The third-order valence-corrected chi connectivity index (χ3v) is 6.29. The number of nitrogens with one attached hydrogen (secondary N) is 1. The Balaban J connectivity index is 1.84. The molecule has 1 unspecified atom stereocenters. The quantitative estimate of drug-likeness (QED) is 0.701. The summed E-state index contributed by atoms with van der Waals surface area (Å²) in [4.78, 5) is 25.9. The van der Waals surface area contributed by atoms with Crippen LogP contribution in [0.25, 0.3) is 10.8 Å². The fraction of sp³-hybridized carbons (Fsp3) is 0.353. The summed E-state index contributed by atoms with van der Waals surface area (Å²) in [5.74, 6) is 0.614. The molecule has 4 rings (SSSR count). The van der Waals surface area contributed by atoms with Crippen molar-refractivity contribution in [3.8, 4) is 0 Å². The van der Waals surface area contributed by atoms with Gasteiger partial charge in [-0.15, -0.1) is 11.3 Å². The molecule has 0 radical (unpaired) electrons. The topological polar surface area (TPSA) is 68.9 Å². The highest BCUT2D eigenvalue weighted by molar-refractivity contribution is 9.10. The van der Waals surface area contributed by atoms with E-state index in [0.717, 1.165) is 22.2 Å². The lowest BCUT2D eigenvalue weighted by atomic mass is 10.2. The SMILES string of the molecule is CC(Nc1nn(C)c(=O)c2cc(=O)n(C3CC3)cc12)c1cc(Br)cs1. The fourth-order valence-electron chi connectivity index (χ4n) is 2.91. The molecule has 6 nitrogen and oxygen atoms in total. The summed E-state index contributed by atoms with van der Waals surface area (Å²) in [5, 5.41) is 10.9. The number of fused-ring (bicyclic) bond motifs is 1. The zero-order valence-corrected chi connectivity index (χ0v) is 16.2. The lowest BCUT2D eigenvalue weighted by molar-refractivity contribution is 0.698. The van der Waals surface area contributed by atoms with Gasteiger partial charge in [0, 0.05) is 45.5 Å². The van der Waals surface area contributed by atoms with Crippen molar-refractivity contribution >= 4 is 43.9 Å². The van der Waals surface area contributed by atoms with Gasteiger partial charge >= 0.3 is 0 Å². The van der Waals surface area contributed by atoms with Crippen LogP contribution in [0.15, 0.2) is 37.8 Å². The van der Waals surface area contributed by atoms with E-state index >= 15 is 0 Å². The van der Waals surface area contributed by atoms with Crippen molar-refractivity contribution in [1.82, 2.24) is 14.3 Å². The number of pyridine rings is 1. The fourth-order valence-corrected chi connectivity index (χ4v) is 4.37. The van der Waals surface area contributed by atoms with Crippen LogP contribution in [-0.4, -0.2) is 14.3 Å². The number of halogens is 1. The summed E-state index contributed by atoms with van der Waals surface area (Å²) in [7, 11) is 1.60. The number of anilines is 1. The van der Waals surface area contributed by atoms with E-state index < -0.39 is 0 Å². The van der Waals surface area contributed by atoms with Crippen LogP contribution < -0.4 is 16.4 Å². The Labute approximate surface area is 156 Å². The van der Waals surface area contributed by atoms with Crippen LogP contribution in [0.5, 0.6) is 0 Å². The average molecular weight is 421 g/mol. The van der Waals surface area contributed by atoms with Gasteiger partial charge in [-0.1, -0.05) is 0 Å². The minimum atomic E-state index is -0.257. The van der Waals surface area contributed by atoms with Crippen LogP contribution in [0.3, 0.4) is 0 Å². The predicted octanol–water partition coefficient (Wildman–Crippen LogP) is 3.43. The number of thiophene rings is 1. The van der Waals surface area contributed by atoms with Gasteiger partial charge in [-0.3, -0.25) is 9.59 Å². The van der Waals surface area contributed by atoms with E-state index in [0.29, 0.717) is 16.6 Å². The highest BCUT2D eigenvalue weighted by Gasteiger charge is 2.25. The molecule has 25 heavy (non-hydrogen) atoms. The van der Waals surface area contributed by atoms with Crippen LogP contribution in [0.1, 0.15) is 36.7 Å². The molecule has 1 saturated carbocycles. The molecule has 3 aromatic heterocycles. The molecule has 0 bridgehead atoms. The van der Waals surface area contributed by atoms with Crippen molar-refractivity contribution in [2.24, 2.45) is 7.05 Å². The molecule has 0 aliphatic heterocycles. The predicted molar refractivity (Wildman–Crippen MR) is 104 cm³/mol. The second kappa shape index (κ2) is 6.10. The molecule has 1 N–H and O–H groups in total. The van der Waals surface area contributed by atoms with Gasteiger partial charge in [0.05, 0.1) is 11.4 Å². The van der Waals surface area contributed by atoms with E-state index in [1.165, 1.54) is 10.7 Å². The summed E-state index contributed by atoms with van der Waals surface area (Å²) < 4.78 is 4.05. The van der Waals surface area contributed by atoms with Crippen LogP contribution >= 0.6 is 27.3 Å². The third-order valence-electron chi connectivity index (χ3n) is 4.42. The molecule has 1 aliphatic rings. The van der Waals surface area contributed by atoms with Gasteiger partial charge in [0.1, 0.15) is 0 Å². The summed E-state index contributed by atoms with van der Waals surface area (Å²) in [6.45, 7) is 2.05. The summed E-state index contributed by atoms with van der Waals surface area (Å²) in [6, 6.07) is 3.78. The number of aromatic nitrogens is 3. The second-order valence-corrected chi connectivity index (χ2v) is 8.25. The first-order valence-electron chi connectivity index (χ1n) is 8.07. The van der Waals surface area contributed by atoms with E-state index in [1.807, 2.05) is 12.3 Å². The van der Waals surface area contributed by atoms with Gasteiger partial charge in [-0.2, -0.15) is 5.10 Å². The molecule has 0 spiro atoms. The molecule has 1 atom stereocenters. The van der Waals surface area contributed by atoms with Crippen LogP contribution in [0, 0.1) is 0 Å². The molecule has 3 aromatic rings. The number of rotatable bonds is 4. The van der Waals surface area contributed by atoms with Crippen molar-refractivity contribution in [2.75, 3.05) is 5.32 Å². The van der Waals surface area contributed by atoms with E-state index in [4.69, 9.17) is 0 Å². The minimum Gasteiger partial charge on any atom is -0.361 e. The summed E-state index contributed by atoms with van der Waals surface area (Å²) in [5.41, 5.74) is -0.383. The van der Waals surface area contributed by atoms with Crippen molar-refractivity contribution in [1.29, 1.82) is 0 Å². The van der Waals surface area contributed by atoms with Gasteiger partial charge in [-0.05, 0) is 41.8 Å². The molecular formula is C17H17BrN4O2S. The summed E-state index contributed by atoms with van der Waals surface area (Å²) >= 11 is 5.12. The molecule has 0 aromatic carbocycles. The Bertz CT molecular complexity index is 1080. The maximum absolute atomic E-state index is 12.4. The minimum absolute atomic E-state index is 0.0332. The van der Waals surface area contributed by atoms with Crippen LogP contribution in [0.4, 0.5) is 5.82 Å². The monoisotopic (exact) mass is 420 g/mol. The van der Waals surface area contributed by atoms with Crippen molar-refractivity contribution in [3.05, 3.63) is 53.8 Å². The highest BCUT2D eigenvalue weighted by Crippen LogP contribution is 2.34. The van der Waals surface area contributed by atoms with E-state index in [9.17, 15) is 9.59 Å². The Hall–Kier alpha value is -1.93. The molecule has 3 heterocycles. The molecule has 1 fully saturated rings. The standard InChI is InChI=1S/C17H17BrN4O2S/c1-9(14-5-10(18)8-25-14)19-16-13-7-22(11-3-4-11)15(23)6-12(13)17(24)21(2)20-16/h5-9,11H,3-4H2,1-2H3,(H,19,20). The van der Waals surface area contributed by atoms with Crippen LogP contribution in [0.2, 0.25) is 0 Å².